The molecule has 10 heteroatoms. The van der Waals surface area contributed by atoms with Crippen LogP contribution in [0.15, 0.2) is 48.7 Å². The van der Waals surface area contributed by atoms with Crippen molar-refractivity contribution in [2.75, 3.05) is 6.26 Å². The Morgan fingerprint density at radius 2 is 1.72 bits per heavy atom. The van der Waals surface area contributed by atoms with Crippen LogP contribution in [0.2, 0.25) is 0 Å². The van der Waals surface area contributed by atoms with Crippen LogP contribution in [0, 0.1) is 0 Å². The first-order valence-corrected chi connectivity index (χ1v) is 11.4. The molecular formula is C22H22F6N2OS. The smallest absolute Gasteiger partial charge is 0.417 e. The van der Waals surface area contributed by atoms with Crippen LogP contribution in [0.3, 0.4) is 0 Å². The van der Waals surface area contributed by atoms with Crippen molar-refractivity contribution >= 4 is 22.3 Å². The monoisotopic (exact) mass is 476 g/mol. The van der Waals surface area contributed by atoms with Gasteiger partial charge < -0.3 is 9.12 Å². The van der Waals surface area contributed by atoms with Crippen molar-refractivity contribution in [2.24, 2.45) is 0 Å². The van der Waals surface area contributed by atoms with Gasteiger partial charge in [-0.2, -0.15) is 26.3 Å². The molecule has 1 N–H and O–H groups in total. The molecule has 0 bridgehead atoms. The first-order chi connectivity index (χ1) is 14.8. The van der Waals surface area contributed by atoms with Gasteiger partial charge in [0.25, 0.3) is 0 Å². The average molecular weight is 476 g/mol. The molecule has 0 aliphatic carbocycles. The highest BCUT2D eigenvalue weighted by atomic mass is 32.2. The van der Waals surface area contributed by atoms with Crippen LogP contribution >= 0.6 is 0 Å². The van der Waals surface area contributed by atoms with Crippen molar-refractivity contribution in [1.29, 1.82) is 0 Å². The number of alkyl halides is 6. The Morgan fingerprint density at radius 3 is 2.28 bits per heavy atom. The standard InChI is InChI=1S/C22H22F6N2OS/c1-4-13(2)30-12-17(20(22(26,27)28)29-32(3)31)16-10-9-14(11-19(16)30)15-7-5-6-8-18(15)21(23,24)25/h5-13,20,29H,4H2,1-3H3/t13?,20-,32?/m0/s1. The Kier molecular flexibility index (Phi) is 6.88. The zero-order chi connectivity index (χ0) is 23.8. The van der Waals surface area contributed by atoms with Gasteiger partial charge in [-0.05, 0) is 36.6 Å². The van der Waals surface area contributed by atoms with Crippen LogP contribution in [0.1, 0.15) is 43.5 Å². The Labute approximate surface area is 184 Å². The largest absolute Gasteiger partial charge is 0.598 e. The number of nitrogens with zero attached hydrogens (tertiary/aromatic N) is 1. The lowest BCUT2D eigenvalue weighted by Crippen LogP contribution is -2.37. The Hall–Kier alpha value is -2.17. The van der Waals surface area contributed by atoms with E-state index in [1.54, 1.807) is 4.57 Å². The van der Waals surface area contributed by atoms with Gasteiger partial charge in [-0.3, -0.25) is 0 Å². The van der Waals surface area contributed by atoms with Crippen LogP contribution < -0.4 is 4.72 Å². The molecule has 1 aromatic heterocycles. The van der Waals surface area contributed by atoms with Gasteiger partial charge in [0.1, 0.15) is 6.26 Å². The molecule has 32 heavy (non-hydrogen) atoms. The summed E-state index contributed by atoms with van der Waals surface area (Å²) >= 11 is -1.94. The molecule has 3 atom stereocenters. The van der Waals surface area contributed by atoms with E-state index in [1.165, 1.54) is 42.6 Å². The maximum atomic E-state index is 13.8. The van der Waals surface area contributed by atoms with Crippen LogP contribution in [-0.2, 0) is 17.5 Å². The van der Waals surface area contributed by atoms with Crippen LogP contribution in [0.25, 0.3) is 22.0 Å². The molecular weight excluding hydrogens is 454 g/mol. The Balaban J connectivity index is 2.27. The van der Waals surface area contributed by atoms with Gasteiger partial charge in [-0.15, -0.1) is 4.72 Å². The second-order valence-electron chi connectivity index (χ2n) is 7.57. The van der Waals surface area contributed by atoms with Gasteiger partial charge in [-0.25, -0.2) is 0 Å². The highest BCUT2D eigenvalue weighted by Gasteiger charge is 2.45. The fourth-order valence-electron chi connectivity index (χ4n) is 3.69. The minimum Gasteiger partial charge on any atom is -0.598 e. The summed E-state index contributed by atoms with van der Waals surface area (Å²) in [5.74, 6) is 0. The van der Waals surface area contributed by atoms with Gasteiger partial charge in [0, 0.05) is 40.1 Å². The summed E-state index contributed by atoms with van der Waals surface area (Å²) in [6.45, 7) is 3.67. The molecule has 0 fully saturated rings. The van der Waals surface area contributed by atoms with Crippen molar-refractivity contribution in [3.63, 3.8) is 0 Å². The number of halogens is 6. The molecule has 2 aromatic carbocycles. The fourth-order valence-corrected chi connectivity index (χ4v) is 4.28. The summed E-state index contributed by atoms with van der Waals surface area (Å²) in [6.07, 6.45) is -6.25. The van der Waals surface area contributed by atoms with E-state index in [0.29, 0.717) is 11.9 Å². The third-order valence-corrected chi connectivity index (χ3v) is 5.96. The van der Waals surface area contributed by atoms with Crippen LogP contribution in [0.4, 0.5) is 26.3 Å². The fraction of sp³-hybridized carbons (Fsp3) is 0.364. The van der Waals surface area contributed by atoms with Crippen molar-refractivity contribution in [2.45, 2.75) is 44.7 Å². The Morgan fingerprint density at radius 1 is 1.06 bits per heavy atom. The molecule has 3 nitrogen and oxygen atoms in total. The molecule has 174 valence electrons. The normalized spacial score (nSPS) is 15.7. The quantitative estimate of drug-likeness (QED) is 0.315. The van der Waals surface area contributed by atoms with Crippen molar-refractivity contribution in [3.05, 3.63) is 59.8 Å². The van der Waals surface area contributed by atoms with Gasteiger partial charge >= 0.3 is 12.4 Å². The number of benzene rings is 2. The topological polar surface area (TPSA) is 40.0 Å². The molecule has 3 rings (SSSR count). The molecule has 1 heterocycles. The lowest BCUT2D eigenvalue weighted by molar-refractivity contribution is -0.152. The number of rotatable bonds is 6. The molecule has 3 aromatic rings. The Bertz CT molecular complexity index is 1090. The molecule has 0 amide bonds. The highest BCUT2D eigenvalue weighted by Crippen LogP contribution is 2.42. The number of hydrogen-bond acceptors (Lipinski definition) is 2. The van der Waals surface area contributed by atoms with E-state index < -0.39 is 35.3 Å². The summed E-state index contributed by atoms with van der Waals surface area (Å²) in [6, 6.07) is 6.93. The maximum Gasteiger partial charge on any atom is 0.417 e. The number of nitrogens with one attached hydrogen (secondary N) is 1. The molecule has 2 unspecified atom stereocenters. The van der Waals surface area contributed by atoms with Gasteiger partial charge in [0.15, 0.2) is 6.04 Å². The molecule has 0 aliphatic heterocycles. The minimum atomic E-state index is -4.72. The molecule has 0 spiro atoms. The van der Waals surface area contributed by atoms with Gasteiger partial charge in [-0.1, -0.05) is 37.3 Å². The van der Waals surface area contributed by atoms with Crippen molar-refractivity contribution < 1.29 is 30.9 Å². The summed E-state index contributed by atoms with van der Waals surface area (Å²) in [5, 5.41) is 0.235. The van der Waals surface area contributed by atoms with Crippen LogP contribution in [-0.4, -0.2) is 21.6 Å². The summed E-state index contributed by atoms with van der Waals surface area (Å²) in [4.78, 5) is 0. The van der Waals surface area contributed by atoms with E-state index in [0.717, 1.165) is 12.3 Å². The second-order valence-corrected chi connectivity index (χ2v) is 8.71. The first-order valence-electron chi connectivity index (χ1n) is 9.82. The van der Waals surface area contributed by atoms with E-state index in [9.17, 15) is 30.9 Å². The summed E-state index contributed by atoms with van der Waals surface area (Å²) in [7, 11) is 0. The van der Waals surface area contributed by atoms with Crippen LogP contribution in [0.5, 0.6) is 0 Å². The molecule has 0 aliphatic rings. The van der Waals surface area contributed by atoms with E-state index in [4.69, 9.17) is 0 Å². The lowest BCUT2D eigenvalue weighted by atomic mass is 9.97. The van der Waals surface area contributed by atoms with Gasteiger partial charge in [0.05, 0.1) is 5.56 Å². The molecule has 0 radical (unpaired) electrons. The lowest BCUT2D eigenvalue weighted by Gasteiger charge is -2.21. The zero-order valence-electron chi connectivity index (χ0n) is 17.5. The maximum absolute atomic E-state index is 13.8. The predicted molar refractivity (Wildman–Crippen MR) is 113 cm³/mol. The van der Waals surface area contributed by atoms with E-state index in [-0.39, 0.29) is 28.1 Å². The second kappa shape index (κ2) is 8.99. The molecule has 0 saturated heterocycles. The average Bonchev–Trinajstić information content (AvgIpc) is 3.08. The number of aromatic nitrogens is 1. The predicted octanol–water partition coefficient (Wildman–Crippen LogP) is 6.78. The SMILES string of the molecule is CCC(C)n1cc([C@H](N[S+](C)[O-])C(F)(F)F)c2ccc(-c3ccccc3C(F)(F)F)cc21. The summed E-state index contributed by atoms with van der Waals surface area (Å²) in [5.41, 5.74) is -0.381. The number of fused-ring (bicyclic) bond motifs is 1. The van der Waals surface area contributed by atoms with E-state index in [1.807, 2.05) is 13.8 Å². The third-order valence-electron chi connectivity index (χ3n) is 5.40. The summed E-state index contributed by atoms with van der Waals surface area (Å²) < 4.78 is 97.1. The molecule has 0 saturated carbocycles. The zero-order valence-corrected chi connectivity index (χ0v) is 18.3. The highest BCUT2D eigenvalue weighted by molar-refractivity contribution is 7.88. The van der Waals surface area contributed by atoms with Gasteiger partial charge in [0.2, 0.25) is 0 Å². The van der Waals surface area contributed by atoms with E-state index in [2.05, 4.69) is 4.72 Å². The van der Waals surface area contributed by atoms with Crippen molar-refractivity contribution in [3.8, 4) is 11.1 Å². The third kappa shape index (κ3) is 4.92. The number of hydrogen-bond donors (Lipinski definition) is 1. The van der Waals surface area contributed by atoms with Crippen molar-refractivity contribution in [1.82, 2.24) is 9.29 Å². The minimum absolute atomic E-state index is 0.0551. The van der Waals surface area contributed by atoms with E-state index >= 15 is 0 Å². The first kappa shape index (κ1) is 24.5.